The summed E-state index contributed by atoms with van der Waals surface area (Å²) in [6.07, 6.45) is 8.18. The maximum absolute atomic E-state index is 14.9. The number of likely N-dealkylation sites (tertiary alicyclic amines) is 1. The minimum atomic E-state index is -0.453. The van der Waals surface area contributed by atoms with Crippen molar-refractivity contribution in [3.8, 4) is 17.3 Å². The molecule has 0 bridgehead atoms. The molecule has 4 heterocycles. The van der Waals surface area contributed by atoms with Gasteiger partial charge in [0.1, 0.15) is 12.8 Å². The lowest BCUT2D eigenvalue weighted by atomic mass is 10.1. The smallest absolute Gasteiger partial charge is 0.321 e. The standard InChI is InChI=1S/C27H38FN7O3/c1-3-34(4-2)27(36)31-22-18-35(24-10-6-9-14-38-24)32-25(22)26-29-20-16-19(28)23(17-21(20)30-26)37-15-13-33-11-7-5-8-12-33/h16-18,24H,3-15H2,1-2H3,(H,29,30)(H,31,36). The molecule has 2 aliphatic heterocycles. The Morgan fingerprint density at radius 3 is 2.76 bits per heavy atom. The first kappa shape index (κ1) is 26.4. The largest absolute Gasteiger partial charge is 0.489 e. The molecule has 2 aliphatic rings. The summed E-state index contributed by atoms with van der Waals surface area (Å²) in [6.45, 7) is 9.06. The number of hydrogen-bond acceptors (Lipinski definition) is 6. The maximum atomic E-state index is 14.9. The van der Waals surface area contributed by atoms with Gasteiger partial charge in [-0.25, -0.2) is 18.9 Å². The Bertz CT molecular complexity index is 1230. The van der Waals surface area contributed by atoms with Crippen molar-refractivity contribution in [2.45, 2.75) is 58.6 Å². The predicted molar refractivity (Wildman–Crippen MR) is 144 cm³/mol. The van der Waals surface area contributed by atoms with E-state index in [0.29, 0.717) is 54.5 Å². The van der Waals surface area contributed by atoms with Gasteiger partial charge < -0.3 is 24.7 Å². The van der Waals surface area contributed by atoms with Crippen molar-refractivity contribution in [1.82, 2.24) is 29.5 Å². The predicted octanol–water partition coefficient (Wildman–Crippen LogP) is 5.00. The van der Waals surface area contributed by atoms with Crippen LogP contribution in [0.25, 0.3) is 22.6 Å². The van der Waals surface area contributed by atoms with E-state index >= 15 is 0 Å². The van der Waals surface area contributed by atoms with E-state index in [9.17, 15) is 9.18 Å². The second-order valence-electron chi connectivity index (χ2n) is 9.93. The summed E-state index contributed by atoms with van der Waals surface area (Å²) in [4.78, 5) is 24.8. The molecule has 1 atom stereocenters. The van der Waals surface area contributed by atoms with Crippen molar-refractivity contribution in [3.05, 3.63) is 24.1 Å². The summed E-state index contributed by atoms with van der Waals surface area (Å²) in [7, 11) is 0. The van der Waals surface area contributed by atoms with Gasteiger partial charge in [0.15, 0.2) is 23.1 Å². The number of hydrogen-bond donors (Lipinski definition) is 2. The van der Waals surface area contributed by atoms with Gasteiger partial charge in [0.05, 0.1) is 22.9 Å². The Kier molecular flexibility index (Phi) is 8.43. The number of fused-ring (bicyclic) bond motifs is 1. The van der Waals surface area contributed by atoms with Gasteiger partial charge in [0.2, 0.25) is 0 Å². The lowest BCUT2D eigenvalue weighted by molar-refractivity contribution is -0.0393. The van der Waals surface area contributed by atoms with Crippen LogP contribution in [-0.4, -0.2) is 81.5 Å². The van der Waals surface area contributed by atoms with Crippen molar-refractivity contribution in [1.29, 1.82) is 0 Å². The Balaban J connectivity index is 1.39. The van der Waals surface area contributed by atoms with E-state index in [1.165, 1.54) is 25.3 Å². The van der Waals surface area contributed by atoms with Crippen LogP contribution in [-0.2, 0) is 4.74 Å². The lowest BCUT2D eigenvalue weighted by Crippen LogP contribution is -2.34. The number of ether oxygens (including phenoxy) is 2. The zero-order valence-corrected chi connectivity index (χ0v) is 22.3. The zero-order valence-electron chi connectivity index (χ0n) is 22.3. The van der Waals surface area contributed by atoms with Gasteiger partial charge >= 0.3 is 6.03 Å². The number of urea groups is 1. The number of carbonyl (C=O) groups is 1. The van der Waals surface area contributed by atoms with Crippen LogP contribution in [0.15, 0.2) is 18.3 Å². The highest BCUT2D eigenvalue weighted by Crippen LogP contribution is 2.32. The van der Waals surface area contributed by atoms with Crippen LogP contribution in [0.1, 0.15) is 58.6 Å². The van der Waals surface area contributed by atoms with E-state index in [1.54, 1.807) is 21.8 Å². The second kappa shape index (κ2) is 12.1. The highest BCUT2D eigenvalue weighted by atomic mass is 19.1. The number of rotatable bonds is 9. The molecule has 2 aromatic heterocycles. The van der Waals surface area contributed by atoms with Crippen LogP contribution < -0.4 is 10.1 Å². The van der Waals surface area contributed by atoms with Crippen LogP contribution in [0.5, 0.6) is 5.75 Å². The maximum Gasteiger partial charge on any atom is 0.321 e. The van der Waals surface area contributed by atoms with Crippen molar-refractivity contribution in [2.24, 2.45) is 0 Å². The molecule has 2 N–H and O–H groups in total. The fraction of sp³-hybridized carbons (Fsp3) is 0.593. The molecule has 2 amide bonds. The molecule has 2 saturated heterocycles. The number of imidazole rings is 1. The zero-order chi connectivity index (χ0) is 26.5. The summed E-state index contributed by atoms with van der Waals surface area (Å²) in [5.41, 5.74) is 2.10. The van der Waals surface area contributed by atoms with Gasteiger partial charge in [-0.05, 0) is 59.0 Å². The van der Waals surface area contributed by atoms with Gasteiger partial charge in [-0.2, -0.15) is 5.10 Å². The second-order valence-corrected chi connectivity index (χ2v) is 9.93. The Morgan fingerprint density at radius 2 is 2.03 bits per heavy atom. The van der Waals surface area contributed by atoms with Gasteiger partial charge in [0.25, 0.3) is 0 Å². The number of aromatic nitrogens is 4. The van der Waals surface area contributed by atoms with Gasteiger partial charge in [0, 0.05) is 38.4 Å². The summed E-state index contributed by atoms with van der Waals surface area (Å²) < 4.78 is 28.3. The molecule has 1 aromatic carbocycles. The highest BCUT2D eigenvalue weighted by molar-refractivity contribution is 5.93. The molecule has 0 radical (unpaired) electrons. The van der Waals surface area contributed by atoms with Crippen molar-refractivity contribution in [2.75, 3.05) is 51.3 Å². The summed E-state index contributed by atoms with van der Waals surface area (Å²) in [6, 6.07) is 2.81. The Morgan fingerprint density at radius 1 is 1.21 bits per heavy atom. The highest BCUT2D eigenvalue weighted by Gasteiger charge is 2.24. The van der Waals surface area contributed by atoms with E-state index < -0.39 is 5.82 Å². The normalized spacial score (nSPS) is 18.6. The minimum Gasteiger partial charge on any atom is -0.489 e. The fourth-order valence-corrected chi connectivity index (χ4v) is 5.14. The summed E-state index contributed by atoms with van der Waals surface area (Å²) >= 11 is 0. The van der Waals surface area contributed by atoms with Crippen LogP contribution in [0, 0.1) is 5.82 Å². The van der Waals surface area contributed by atoms with E-state index in [4.69, 9.17) is 14.6 Å². The third kappa shape index (κ3) is 5.94. The number of aromatic amines is 1. The number of halogens is 1. The number of anilines is 1. The monoisotopic (exact) mass is 527 g/mol. The van der Waals surface area contributed by atoms with Crippen molar-refractivity contribution < 1.29 is 18.7 Å². The molecule has 3 aromatic rings. The topological polar surface area (TPSA) is 101 Å². The van der Waals surface area contributed by atoms with Crippen LogP contribution in [0.4, 0.5) is 14.9 Å². The minimum absolute atomic E-state index is 0.195. The van der Waals surface area contributed by atoms with Crippen LogP contribution in [0.2, 0.25) is 0 Å². The lowest BCUT2D eigenvalue weighted by Gasteiger charge is -2.26. The quantitative estimate of drug-likeness (QED) is 0.406. The first-order valence-electron chi connectivity index (χ1n) is 13.9. The van der Waals surface area contributed by atoms with Gasteiger partial charge in [-0.3, -0.25) is 4.90 Å². The fourth-order valence-electron chi connectivity index (χ4n) is 5.14. The molecule has 206 valence electrons. The molecule has 0 saturated carbocycles. The molecule has 38 heavy (non-hydrogen) atoms. The number of carbonyl (C=O) groups excluding carboxylic acids is 1. The SMILES string of the molecule is CCN(CC)C(=O)Nc1cn(C2CCCCO2)nc1-c1nc2cc(F)c(OCCN3CCCCC3)cc2[nH]1. The Labute approximate surface area is 222 Å². The molecule has 10 nitrogen and oxygen atoms in total. The Hall–Kier alpha value is -3.18. The van der Waals surface area contributed by atoms with Crippen LogP contribution in [0.3, 0.4) is 0 Å². The van der Waals surface area contributed by atoms with Gasteiger partial charge in [-0.1, -0.05) is 6.42 Å². The molecular formula is C27H38FN7O3. The van der Waals surface area contributed by atoms with Crippen molar-refractivity contribution in [3.63, 3.8) is 0 Å². The number of benzene rings is 1. The summed E-state index contributed by atoms with van der Waals surface area (Å²) in [5.74, 6) is 0.181. The summed E-state index contributed by atoms with van der Waals surface area (Å²) in [5, 5.41) is 7.73. The third-order valence-corrected chi connectivity index (χ3v) is 7.35. The molecule has 2 fully saturated rings. The van der Waals surface area contributed by atoms with Crippen LogP contribution >= 0.6 is 0 Å². The first-order chi connectivity index (χ1) is 18.6. The molecule has 0 spiro atoms. The van der Waals surface area contributed by atoms with E-state index in [2.05, 4.69) is 20.2 Å². The average Bonchev–Trinajstić information content (AvgIpc) is 3.54. The molecule has 11 heteroatoms. The van der Waals surface area contributed by atoms with Crippen molar-refractivity contribution >= 4 is 22.8 Å². The van der Waals surface area contributed by atoms with E-state index in [1.807, 2.05) is 13.8 Å². The molecule has 0 aliphatic carbocycles. The third-order valence-electron chi connectivity index (χ3n) is 7.35. The van der Waals surface area contributed by atoms with E-state index in [0.717, 1.165) is 38.9 Å². The number of amides is 2. The van der Waals surface area contributed by atoms with Gasteiger partial charge in [-0.15, -0.1) is 0 Å². The number of nitrogens with one attached hydrogen (secondary N) is 2. The number of H-pyrrole nitrogens is 1. The molecule has 5 rings (SSSR count). The average molecular weight is 528 g/mol. The molecular weight excluding hydrogens is 489 g/mol. The van der Waals surface area contributed by atoms with E-state index in [-0.39, 0.29) is 18.0 Å². The number of nitrogens with zero attached hydrogens (tertiary/aromatic N) is 5. The number of piperidine rings is 1. The first-order valence-corrected chi connectivity index (χ1v) is 13.9. The molecule has 1 unspecified atom stereocenters.